The Morgan fingerprint density at radius 2 is 1.08 bits per heavy atom. The highest BCUT2D eigenvalue weighted by molar-refractivity contribution is 5.65. The molecule has 39 heavy (non-hydrogen) atoms. The quantitative estimate of drug-likeness (QED) is 0.127. The molecule has 0 radical (unpaired) electrons. The molecule has 0 bridgehead atoms. The third-order valence-corrected chi connectivity index (χ3v) is 6.51. The van der Waals surface area contributed by atoms with Crippen LogP contribution in [0.2, 0.25) is 0 Å². The summed E-state index contributed by atoms with van der Waals surface area (Å²) in [6, 6.07) is 28.4. The van der Waals surface area contributed by atoms with Gasteiger partial charge in [0, 0.05) is 28.9 Å². The van der Waals surface area contributed by atoms with Crippen LogP contribution in [-0.4, -0.2) is 0 Å². The molecule has 0 aliphatic heterocycles. The van der Waals surface area contributed by atoms with Crippen LogP contribution in [0.5, 0.6) is 11.5 Å². The van der Waals surface area contributed by atoms with E-state index >= 15 is 0 Å². The first kappa shape index (κ1) is 25.9. The monoisotopic (exact) mass is 528 g/mol. The van der Waals surface area contributed by atoms with Gasteiger partial charge in [0.2, 0.25) is 0 Å². The van der Waals surface area contributed by atoms with Crippen LogP contribution < -0.4 is 16.2 Å². The molecular formula is C32H24F4N2O. The zero-order valence-electron chi connectivity index (χ0n) is 20.7. The van der Waals surface area contributed by atoms with Crippen molar-refractivity contribution in [1.82, 2.24) is 0 Å². The van der Waals surface area contributed by atoms with E-state index in [0.29, 0.717) is 23.5 Å². The van der Waals surface area contributed by atoms with Crippen molar-refractivity contribution in [1.29, 1.82) is 0 Å². The highest BCUT2D eigenvalue weighted by Gasteiger charge is 2.17. The molecule has 4 N–H and O–H groups in total. The minimum Gasteiger partial charge on any atom is -0.457 e. The summed E-state index contributed by atoms with van der Waals surface area (Å²) in [4.78, 5) is 0. The molecule has 3 nitrogen and oxygen atoms in total. The van der Waals surface area contributed by atoms with E-state index in [-0.39, 0.29) is 22.8 Å². The van der Waals surface area contributed by atoms with E-state index < -0.39 is 23.3 Å². The lowest BCUT2D eigenvalue weighted by Gasteiger charge is -2.19. The van der Waals surface area contributed by atoms with Gasteiger partial charge in [-0.05, 0) is 89.3 Å². The van der Waals surface area contributed by atoms with Gasteiger partial charge in [-0.25, -0.2) is 17.6 Å². The van der Waals surface area contributed by atoms with E-state index in [9.17, 15) is 17.6 Å². The van der Waals surface area contributed by atoms with Crippen molar-refractivity contribution in [2.75, 3.05) is 11.5 Å². The van der Waals surface area contributed by atoms with Crippen LogP contribution in [0, 0.1) is 23.3 Å². The second kappa shape index (κ2) is 10.9. The summed E-state index contributed by atoms with van der Waals surface area (Å²) in [6.07, 6.45) is 0.711. The molecule has 0 amide bonds. The average molecular weight is 529 g/mol. The van der Waals surface area contributed by atoms with Gasteiger partial charge in [-0.15, -0.1) is 0 Å². The third-order valence-electron chi connectivity index (χ3n) is 6.51. The number of halogens is 4. The second-order valence-electron chi connectivity index (χ2n) is 9.23. The normalized spacial score (nSPS) is 11.1. The molecule has 0 saturated heterocycles. The Labute approximate surface area is 223 Å². The maximum Gasteiger partial charge on any atom is 0.194 e. The summed E-state index contributed by atoms with van der Waals surface area (Å²) in [6.45, 7) is 0. The lowest BCUT2D eigenvalue weighted by atomic mass is 9.86. The molecule has 5 aromatic carbocycles. The molecule has 0 aromatic heterocycles. The molecule has 5 aromatic rings. The van der Waals surface area contributed by atoms with Crippen molar-refractivity contribution in [3.8, 4) is 22.6 Å². The van der Waals surface area contributed by atoms with E-state index in [4.69, 9.17) is 16.2 Å². The fraction of sp³-hybridized carbons (Fsp3) is 0.0625. The molecule has 0 unspecified atom stereocenters. The van der Waals surface area contributed by atoms with Gasteiger partial charge in [-0.2, -0.15) is 0 Å². The van der Waals surface area contributed by atoms with Crippen molar-refractivity contribution in [2.24, 2.45) is 0 Å². The summed E-state index contributed by atoms with van der Waals surface area (Å²) >= 11 is 0. The van der Waals surface area contributed by atoms with Gasteiger partial charge in [0.05, 0.1) is 0 Å². The van der Waals surface area contributed by atoms with Crippen LogP contribution in [0.15, 0.2) is 103 Å². The molecule has 196 valence electrons. The molecular weight excluding hydrogens is 504 g/mol. The largest absolute Gasteiger partial charge is 0.457 e. The summed E-state index contributed by atoms with van der Waals surface area (Å²) in [5.41, 5.74) is 16.3. The molecule has 7 heteroatoms. The number of benzene rings is 5. The fourth-order valence-electron chi connectivity index (χ4n) is 4.45. The van der Waals surface area contributed by atoms with Crippen LogP contribution >= 0.6 is 0 Å². The van der Waals surface area contributed by atoms with Gasteiger partial charge in [0.1, 0.15) is 17.3 Å². The second-order valence-corrected chi connectivity index (χ2v) is 9.23. The fourth-order valence-corrected chi connectivity index (χ4v) is 4.45. The minimum absolute atomic E-state index is 0.0701. The Hall–Kier alpha value is -4.78. The molecule has 0 fully saturated rings. The highest BCUT2D eigenvalue weighted by atomic mass is 19.2. The van der Waals surface area contributed by atoms with E-state index in [1.54, 1.807) is 12.1 Å². The molecule has 0 atom stereocenters. The molecule has 0 spiro atoms. The third kappa shape index (κ3) is 5.88. The Kier molecular flexibility index (Phi) is 7.23. The van der Waals surface area contributed by atoms with E-state index in [1.165, 1.54) is 12.1 Å². The maximum atomic E-state index is 14.7. The smallest absolute Gasteiger partial charge is 0.194 e. The van der Waals surface area contributed by atoms with E-state index in [1.807, 2.05) is 60.7 Å². The SMILES string of the molecule is Nc1ccc(C(Cc2ccc(Oc3ccc(-c4cc(F)c(F)c(F)c4)c(F)c3)cc2)c2ccc(N)cc2)cc1. The van der Waals surface area contributed by atoms with Gasteiger partial charge in [0.15, 0.2) is 17.5 Å². The van der Waals surface area contributed by atoms with Crippen molar-refractivity contribution in [2.45, 2.75) is 12.3 Å². The van der Waals surface area contributed by atoms with Gasteiger partial charge in [0.25, 0.3) is 0 Å². The van der Waals surface area contributed by atoms with Crippen molar-refractivity contribution < 1.29 is 22.3 Å². The van der Waals surface area contributed by atoms with Crippen LogP contribution in [0.4, 0.5) is 28.9 Å². The summed E-state index contributed by atoms with van der Waals surface area (Å²) in [7, 11) is 0. The Bertz CT molecular complexity index is 1530. The minimum atomic E-state index is -1.60. The van der Waals surface area contributed by atoms with Gasteiger partial charge in [-0.3, -0.25) is 0 Å². The Morgan fingerprint density at radius 3 is 1.59 bits per heavy atom. The van der Waals surface area contributed by atoms with Crippen LogP contribution in [0.3, 0.4) is 0 Å². The van der Waals surface area contributed by atoms with Gasteiger partial charge in [-0.1, -0.05) is 36.4 Å². The number of rotatable bonds is 7. The Morgan fingerprint density at radius 1 is 0.564 bits per heavy atom. The lowest BCUT2D eigenvalue weighted by Crippen LogP contribution is -2.06. The number of hydrogen-bond acceptors (Lipinski definition) is 3. The first-order valence-corrected chi connectivity index (χ1v) is 12.2. The predicted molar refractivity (Wildman–Crippen MR) is 145 cm³/mol. The topological polar surface area (TPSA) is 61.3 Å². The van der Waals surface area contributed by atoms with Crippen LogP contribution in [-0.2, 0) is 6.42 Å². The first-order valence-electron chi connectivity index (χ1n) is 12.2. The van der Waals surface area contributed by atoms with Gasteiger partial charge >= 0.3 is 0 Å². The van der Waals surface area contributed by atoms with E-state index in [2.05, 4.69) is 0 Å². The Balaban J connectivity index is 1.33. The average Bonchev–Trinajstić information content (AvgIpc) is 2.92. The summed E-state index contributed by atoms with van der Waals surface area (Å²) in [5.74, 6) is -4.38. The molecule has 0 heterocycles. The molecule has 0 saturated carbocycles. The standard InChI is InChI=1S/C32H24F4N2O/c33-29-18-26(13-14-27(29)22-16-30(34)32(36)31(35)17-22)39-25-11-1-19(2-12-25)15-28(20-3-7-23(37)8-4-20)21-5-9-24(38)10-6-21/h1-14,16-18,28H,15,37-38H2. The number of nitrogen functional groups attached to an aromatic ring is 2. The lowest BCUT2D eigenvalue weighted by molar-refractivity contribution is 0.447. The molecule has 0 aliphatic carbocycles. The zero-order chi connectivity index (χ0) is 27.5. The maximum absolute atomic E-state index is 14.7. The first-order chi connectivity index (χ1) is 18.8. The molecule has 0 aliphatic rings. The van der Waals surface area contributed by atoms with Gasteiger partial charge < -0.3 is 16.2 Å². The number of ether oxygens (including phenoxy) is 1. The number of nitrogens with two attached hydrogens (primary N) is 2. The summed E-state index contributed by atoms with van der Waals surface area (Å²) < 4.78 is 61.0. The van der Waals surface area contributed by atoms with Crippen LogP contribution in [0.25, 0.3) is 11.1 Å². The van der Waals surface area contributed by atoms with Crippen molar-refractivity contribution in [3.05, 3.63) is 143 Å². The van der Waals surface area contributed by atoms with Crippen molar-refractivity contribution >= 4 is 11.4 Å². The van der Waals surface area contributed by atoms with Crippen LogP contribution in [0.1, 0.15) is 22.6 Å². The number of anilines is 2. The van der Waals surface area contributed by atoms with Crippen molar-refractivity contribution in [3.63, 3.8) is 0 Å². The highest BCUT2D eigenvalue weighted by Crippen LogP contribution is 2.33. The van der Waals surface area contributed by atoms with E-state index in [0.717, 1.165) is 34.9 Å². The predicted octanol–water partition coefficient (Wildman–Crippen LogP) is 8.24. The molecule has 5 rings (SSSR count). The zero-order valence-corrected chi connectivity index (χ0v) is 20.7. The summed E-state index contributed by atoms with van der Waals surface area (Å²) in [5, 5.41) is 0. The number of hydrogen-bond donors (Lipinski definition) is 2.